The van der Waals surface area contributed by atoms with E-state index in [1.807, 2.05) is 30.3 Å². The Morgan fingerprint density at radius 2 is 1.12 bits per heavy atom. The van der Waals surface area contributed by atoms with Crippen LogP contribution in [0.3, 0.4) is 0 Å². The Morgan fingerprint density at radius 1 is 0.680 bits per heavy atom. The van der Waals surface area contributed by atoms with Crippen LogP contribution in [0.2, 0.25) is 0 Å². The van der Waals surface area contributed by atoms with Gasteiger partial charge in [-0.3, -0.25) is 0 Å². The average Bonchev–Trinajstić information content (AvgIpc) is 2.53. The maximum atomic E-state index is 11.7. The number of hydrogen-bond acceptors (Lipinski definition) is 6. The molecule has 7 heteroatoms. The zero-order valence-electron chi connectivity index (χ0n) is 14.1. The topological polar surface area (TPSA) is 78.9 Å². The van der Waals surface area contributed by atoms with Crippen molar-refractivity contribution in [1.29, 1.82) is 0 Å². The van der Waals surface area contributed by atoms with E-state index in [9.17, 15) is 14.4 Å². The summed E-state index contributed by atoms with van der Waals surface area (Å²) >= 11 is -5.24. The van der Waals surface area contributed by atoms with E-state index in [0.717, 1.165) is 5.56 Å². The van der Waals surface area contributed by atoms with Gasteiger partial charge in [-0.05, 0) is 0 Å². The van der Waals surface area contributed by atoms with Crippen LogP contribution in [0.5, 0.6) is 0 Å². The third-order valence-electron chi connectivity index (χ3n) is 3.18. The molecule has 0 heterocycles. The number of hydrogen-bond donors (Lipinski definition) is 0. The van der Waals surface area contributed by atoms with Crippen LogP contribution < -0.4 is 3.12 Å². The van der Waals surface area contributed by atoms with Crippen molar-refractivity contribution in [2.75, 3.05) is 0 Å². The third kappa shape index (κ3) is 4.88. The quantitative estimate of drug-likeness (QED) is 0.545. The van der Waals surface area contributed by atoms with Crippen LogP contribution in [0, 0.1) is 0 Å². The molecule has 0 amide bonds. The molecule has 2 rings (SSSR count). The van der Waals surface area contributed by atoms with E-state index in [2.05, 4.69) is 0 Å². The van der Waals surface area contributed by atoms with Gasteiger partial charge in [0.15, 0.2) is 0 Å². The fourth-order valence-corrected chi connectivity index (χ4v) is 11.9. The van der Waals surface area contributed by atoms with Crippen molar-refractivity contribution >= 4 is 43.6 Å². The van der Waals surface area contributed by atoms with Crippen LogP contribution >= 0.6 is 0 Å². The van der Waals surface area contributed by atoms with Crippen molar-refractivity contribution in [2.45, 2.75) is 20.8 Å². The second-order valence-corrected chi connectivity index (χ2v) is 14.0. The molecule has 2 aromatic rings. The molecule has 0 saturated carbocycles. The van der Waals surface area contributed by atoms with Crippen molar-refractivity contribution in [3.8, 4) is 11.1 Å². The van der Waals surface area contributed by atoms with Gasteiger partial charge in [0.05, 0.1) is 0 Å². The fraction of sp³-hybridized carbons (Fsp3) is 0.167. The first-order valence-corrected chi connectivity index (χ1v) is 14.3. The van der Waals surface area contributed by atoms with E-state index in [-0.39, 0.29) is 0 Å². The Labute approximate surface area is 152 Å². The minimum atomic E-state index is -5.24. The monoisotopic (exact) mass is 538 g/mol. The van der Waals surface area contributed by atoms with Crippen LogP contribution in [0.15, 0.2) is 54.6 Å². The molecule has 0 aromatic heterocycles. The van der Waals surface area contributed by atoms with Crippen molar-refractivity contribution in [3.63, 3.8) is 0 Å². The van der Waals surface area contributed by atoms with Gasteiger partial charge in [-0.1, -0.05) is 0 Å². The first kappa shape index (κ1) is 19.1. The Morgan fingerprint density at radius 3 is 1.60 bits per heavy atom. The van der Waals surface area contributed by atoms with Gasteiger partial charge in [0.25, 0.3) is 0 Å². The van der Waals surface area contributed by atoms with E-state index in [1.54, 1.807) is 24.3 Å². The molecule has 25 heavy (non-hydrogen) atoms. The number of benzene rings is 2. The number of carbonyl (C=O) groups is 3. The summed E-state index contributed by atoms with van der Waals surface area (Å²) in [6, 6.07) is 16.3. The zero-order chi connectivity index (χ0) is 18.4. The molecular weight excluding hydrogens is 519 g/mol. The summed E-state index contributed by atoms with van der Waals surface area (Å²) in [5.74, 6) is -2.02. The van der Waals surface area contributed by atoms with E-state index in [0.29, 0.717) is 8.69 Å². The molecule has 0 N–H and O–H groups in total. The summed E-state index contributed by atoms with van der Waals surface area (Å²) in [5, 5.41) is 0. The molecule has 0 aliphatic carbocycles. The van der Waals surface area contributed by atoms with Gasteiger partial charge in [-0.25, -0.2) is 0 Å². The predicted molar refractivity (Wildman–Crippen MR) is 92.6 cm³/mol. The fourth-order valence-electron chi connectivity index (χ4n) is 2.41. The molecule has 0 fully saturated rings. The maximum absolute atomic E-state index is 11.7. The predicted octanol–water partition coefficient (Wildman–Crippen LogP) is 2.19. The van der Waals surface area contributed by atoms with E-state index in [4.69, 9.17) is 8.06 Å². The molecule has 130 valence electrons. The van der Waals surface area contributed by atoms with Gasteiger partial charge < -0.3 is 0 Å². The van der Waals surface area contributed by atoms with Gasteiger partial charge in [0.1, 0.15) is 0 Å². The summed E-state index contributed by atoms with van der Waals surface area (Å²) in [6.45, 7) is 3.56. The van der Waals surface area contributed by atoms with Gasteiger partial charge >= 0.3 is 153 Å². The van der Waals surface area contributed by atoms with Gasteiger partial charge in [-0.15, -0.1) is 0 Å². The zero-order valence-corrected chi connectivity index (χ0v) is 18.0. The van der Waals surface area contributed by atoms with Crippen molar-refractivity contribution in [3.05, 3.63) is 54.6 Å². The standard InChI is InChI=1S/C12H9.3C2H4O2.Pb/c1-3-7-11(8-4-1)12-9-5-2-6-10-12;3*1-2(3)4;/h1-9H;3*1H3,(H,3,4);/q;;;;+3/p-3. The molecule has 0 spiro atoms. The van der Waals surface area contributed by atoms with Crippen molar-refractivity contribution in [2.24, 2.45) is 0 Å². The first-order chi connectivity index (χ1) is 11.8. The van der Waals surface area contributed by atoms with Crippen molar-refractivity contribution < 1.29 is 22.4 Å². The molecule has 0 unspecified atom stereocenters. The first-order valence-electron chi connectivity index (χ1n) is 7.58. The Hall–Kier alpha value is -2.23. The van der Waals surface area contributed by atoms with Gasteiger partial charge in [0.2, 0.25) is 0 Å². The molecular formula is C18H18O6Pb. The third-order valence-corrected chi connectivity index (χ3v) is 13.9. The summed E-state index contributed by atoms with van der Waals surface area (Å²) in [7, 11) is 0. The summed E-state index contributed by atoms with van der Waals surface area (Å²) < 4.78 is 16.7. The second-order valence-electron chi connectivity index (χ2n) is 5.25. The Kier molecular flexibility index (Phi) is 6.29. The SMILES string of the molecule is CC(=O)[O][Pb]([O]C(C)=O)([O]C(C)=O)[c]1ccccc1-c1ccccc1. The van der Waals surface area contributed by atoms with Crippen LogP contribution in [0.25, 0.3) is 11.1 Å². The summed E-state index contributed by atoms with van der Waals surface area (Å²) in [6.07, 6.45) is 0. The molecule has 0 radical (unpaired) electrons. The normalized spacial score (nSPS) is 10.7. The molecule has 0 saturated heterocycles. The molecule has 0 atom stereocenters. The van der Waals surface area contributed by atoms with E-state index < -0.39 is 40.4 Å². The summed E-state index contributed by atoms with van der Waals surface area (Å²) in [4.78, 5) is 35.1. The molecule has 6 nitrogen and oxygen atoms in total. The van der Waals surface area contributed by atoms with E-state index >= 15 is 0 Å². The minimum absolute atomic E-state index is 0.446. The van der Waals surface area contributed by atoms with Crippen molar-refractivity contribution in [1.82, 2.24) is 0 Å². The Balaban J connectivity index is 2.70. The number of rotatable bonds is 5. The molecule has 0 bridgehead atoms. The van der Waals surface area contributed by atoms with Crippen LogP contribution in [-0.2, 0) is 22.4 Å². The second kappa shape index (κ2) is 8.24. The van der Waals surface area contributed by atoms with Gasteiger partial charge in [0, 0.05) is 0 Å². The Bertz CT molecular complexity index is 746. The van der Waals surface area contributed by atoms with Crippen LogP contribution in [-0.4, -0.2) is 40.4 Å². The molecule has 2 aromatic carbocycles. The van der Waals surface area contributed by atoms with Crippen LogP contribution in [0.1, 0.15) is 20.8 Å². The summed E-state index contributed by atoms with van der Waals surface area (Å²) in [5.41, 5.74) is 1.52. The van der Waals surface area contributed by atoms with Crippen LogP contribution in [0.4, 0.5) is 0 Å². The molecule has 0 aliphatic heterocycles. The van der Waals surface area contributed by atoms with Gasteiger partial charge in [-0.2, -0.15) is 0 Å². The molecule has 0 aliphatic rings. The number of carbonyl (C=O) groups excluding carboxylic acids is 3. The average molecular weight is 538 g/mol. The van der Waals surface area contributed by atoms with E-state index in [1.165, 1.54) is 20.8 Å².